The topological polar surface area (TPSA) is 0 Å². The van der Waals surface area contributed by atoms with E-state index < -0.39 is 20.8 Å². The molecule has 104 valence electrons. The van der Waals surface area contributed by atoms with Gasteiger partial charge in [0.2, 0.25) is 0 Å². The van der Waals surface area contributed by atoms with Crippen molar-refractivity contribution in [1.29, 1.82) is 0 Å². The quantitative estimate of drug-likeness (QED) is 0.439. The molecule has 1 aliphatic rings. The number of halogens is 2. The Morgan fingerprint density at radius 1 is 0.900 bits per heavy atom. The second-order valence-electron chi connectivity index (χ2n) is 5.31. The van der Waals surface area contributed by atoms with Crippen molar-refractivity contribution in [3.05, 3.63) is 57.6 Å². The van der Waals surface area contributed by atoms with Gasteiger partial charge in [0.15, 0.2) is 0 Å². The Kier molecular flexibility index (Phi) is 5.51. The molecular weight excluding hydrogens is 366 g/mol. The first kappa shape index (κ1) is 16.3. The third-order valence-electron chi connectivity index (χ3n) is 3.99. The number of hydrogen-bond acceptors (Lipinski definition) is 0. The molecule has 0 bridgehead atoms. The van der Waals surface area contributed by atoms with Crippen LogP contribution in [-0.2, 0) is 27.3 Å². The van der Waals surface area contributed by atoms with Gasteiger partial charge in [-0.1, -0.05) is 31.5 Å². The summed E-state index contributed by atoms with van der Waals surface area (Å²) in [5.41, 5.74) is 11.0. The molecule has 3 rings (SSSR count). The van der Waals surface area contributed by atoms with E-state index in [1.165, 1.54) is 44.5 Å². The minimum atomic E-state index is -0.826. The molecule has 0 atom stereocenters. The fourth-order valence-corrected chi connectivity index (χ4v) is 2.65. The van der Waals surface area contributed by atoms with E-state index >= 15 is 0 Å². The van der Waals surface area contributed by atoms with Crippen LogP contribution in [0.3, 0.4) is 0 Å². The van der Waals surface area contributed by atoms with Crippen LogP contribution in [0, 0.1) is 33.8 Å². The molecule has 0 saturated heterocycles. The van der Waals surface area contributed by atoms with E-state index in [-0.39, 0.29) is 0 Å². The van der Waals surface area contributed by atoms with Crippen molar-refractivity contribution in [2.75, 3.05) is 0 Å². The van der Waals surface area contributed by atoms with E-state index in [2.05, 4.69) is 52.0 Å². The van der Waals surface area contributed by atoms with Crippen LogP contribution >= 0.6 is 17.0 Å². The molecule has 0 aliphatic heterocycles. The summed E-state index contributed by atoms with van der Waals surface area (Å²) in [6.07, 6.45) is 1.05. The number of benzene rings is 2. The molecule has 0 heterocycles. The molecule has 0 spiro atoms. The summed E-state index contributed by atoms with van der Waals surface area (Å²) in [4.78, 5) is 0. The summed E-state index contributed by atoms with van der Waals surface area (Å²) in [5.74, 6) is 0. The van der Waals surface area contributed by atoms with Crippen molar-refractivity contribution in [3.8, 4) is 11.1 Å². The first-order chi connectivity index (χ1) is 9.47. The molecule has 2 aromatic rings. The van der Waals surface area contributed by atoms with Gasteiger partial charge in [0.05, 0.1) is 0 Å². The third kappa shape index (κ3) is 3.21. The second kappa shape index (κ2) is 6.78. The first-order valence-corrected chi connectivity index (χ1v) is 12.9. The van der Waals surface area contributed by atoms with Gasteiger partial charge in [-0.2, -0.15) is 23.3 Å². The van der Waals surface area contributed by atoms with Crippen LogP contribution in [0.2, 0.25) is 0 Å². The van der Waals surface area contributed by atoms with Crippen LogP contribution < -0.4 is 0 Å². The van der Waals surface area contributed by atoms with Crippen LogP contribution in [0.25, 0.3) is 11.1 Å². The zero-order valence-corrected chi connectivity index (χ0v) is 16.2. The van der Waals surface area contributed by atoms with Gasteiger partial charge in [-0.05, 0) is 37.0 Å². The Labute approximate surface area is 140 Å². The molecule has 20 heavy (non-hydrogen) atoms. The SMILES string of the molecule is Cc1[c-]c2c(cc1C)-c1cc(C)c(C)cc1C2.[Cl][Zr][Cl]. The van der Waals surface area contributed by atoms with Crippen molar-refractivity contribution in [2.24, 2.45) is 0 Å². The molecule has 0 N–H and O–H groups in total. The summed E-state index contributed by atoms with van der Waals surface area (Å²) < 4.78 is 0. The predicted molar refractivity (Wildman–Crippen MR) is 84.2 cm³/mol. The van der Waals surface area contributed by atoms with Crippen molar-refractivity contribution in [1.82, 2.24) is 0 Å². The van der Waals surface area contributed by atoms with Crippen LogP contribution in [0.5, 0.6) is 0 Å². The number of rotatable bonds is 0. The first-order valence-electron chi connectivity index (χ1n) is 6.57. The summed E-state index contributed by atoms with van der Waals surface area (Å²) in [5, 5.41) is 0. The Hall–Kier alpha value is -0.0969. The molecule has 0 radical (unpaired) electrons. The van der Waals surface area contributed by atoms with Gasteiger partial charge in [-0.3, -0.25) is 0 Å². The van der Waals surface area contributed by atoms with Gasteiger partial charge in [0, 0.05) is 0 Å². The van der Waals surface area contributed by atoms with E-state index in [0.29, 0.717) is 0 Å². The summed E-state index contributed by atoms with van der Waals surface area (Å²) >= 11 is -0.826. The molecular formula is C17H17Cl2Zr-. The third-order valence-corrected chi connectivity index (χ3v) is 3.99. The molecule has 0 unspecified atom stereocenters. The molecule has 0 saturated carbocycles. The van der Waals surface area contributed by atoms with Crippen molar-refractivity contribution in [3.63, 3.8) is 0 Å². The van der Waals surface area contributed by atoms with Crippen molar-refractivity contribution >= 4 is 17.0 Å². The Morgan fingerprint density at radius 3 is 2.10 bits per heavy atom. The normalized spacial score (nSPS) is 11.3. The van der Waals surface area contributed by atoms with Crippen molar-refractivity contribution in [2.45, 2.75) is 34.1 Å². The second-order valence-corrected chi connectivity index (χ2v) is 9.04. The van der Waals surface area contributed by atoms with Crippen LogP contribution in [0.15, 0.2) is 18.2 Å². The fourth-order valence-electron chi connectivity index (χ4n) is 2.65. The van der Waals surface area contributed by atoms with Gasteiger partial charge < -0.3 is 0 Å². The predicted octanol–water partition coefficient (Wildman–Crippen LogP) is 5.67. The van der Waals surface area contributed by atoms with Gasteiger partial charge in [0.1, 0.15) is 0 Å². The Balaban J connectivity index is 0.000000452. The molecule has 0 aromatic heterocycles. The molecule has 0 amide bonds. The molecule has 2 aromatic carbocycles. The minimum absolute atomic E-state index is 0.826. The zero-order valence-electron chi connectivity index (χ0n) is 12.2. The maximum absolute atomic E-state index is 4.93. The summed E-state index contributed by atoms with van der Waals surface area (Å²) in [6.45, 7) is 8.71. The molecule has 3 heteroatoms. The van der Waals surface area contributed by atoms with E-state index in [9.17, 15) is 0 Å². The van der Waals surface area contributed by atoms with Gasteiger partial charge >= 0.3 is 37.9 Å². The zero-order chi connectivity index (χ0) is 14.9. The van der Waals surface area contributed by atoms with Crippen LogP contribution in [-0.4, -0.2) is 0 Å². The number of fused-ring (bicyclic) bond motifs is 3. The van der Waals surface area contributed by atoms with E-state index in [1.807, 2.05) is 0 Å². The number of hydrogen-bond donors (Lipinski definition) is 0. The molecule has 0 fully saturated rings. The monoisotopic (exact) mass is 381 g/mol. The van der Waals surface area contributed by atoms with E-state index in [4.69, 9.17) is 17.0 Å². The van der Waals surface area contributed by atoms with E-state index in [0.717, 1.165) is 6.42 Å². The average Bonchev–Trinajstić information content (AvgIpc) is 2.69. The maximum atomic E-state index is 4.93. The average molecular weight is 383 g/mol. The van der Waals surface area contributed by atoms with Crippen LogP contribution in [0.1, 0.15) is 33.4 Å². The Morgan fingerprint density at radius 2 is 1.45 bits per heavy atom. The van der Waals surface area contributed by atoms with Crippen LogP contribution in [0.4, 0.5) is 0 Å². The summed E-state index contributed by atoms with van der Waals surface area (Å²) in [6, 6.07) is 10.5. The van der Waals surface area contributed by atoms with Gasteiger partial charge in [0.25, 0.3) is 0 Å². The molecule has 1 aliphatic carbocycles. The number of aryl methyl sites for hydroxylation is 4. The van der Waals surface area contributed by atoms with Gasteiger partial charge in [-0.25, -0.2) is 0 Å². The van der Waals surface area contributed by atoms with Gasteiger partial charge in [-0.15, -0.1) is 11.1 Å². The standard InChI is InChI=1S/C17H17.2ClH.Zr/c1-10-5-14-9-15-6-11(2)13(4)8-17(15)16(14)7-12(10)3;;;/h5,7-8H,9H2,1-4H3;2*1H;/q-1;;;+2/p-2. The van der Waals surface area contributed by atoms with Crippen molar-refractivity contribution < 1.29 is 20.8 Å². The fraction of sp³-hybridized carbons (Fsp3) is 0.294. The van der Waals surface area contributed by atoms with E-state index in [1.54, 1.807) is 0 Å². The summed E-state index contributed by atoms with van der Waals surface area (Å²) in [7, 11) is 9.87. The Bertz CT molecular complexity index is 592. The molecule has 0 nitrogen and oxygen atoms in total.